The van der Waals surface area contributed by atoms with E-state index in [0.29, 0.717) is 18.8 Å². The van der Waals surface area contributed by atoms with Gasteiger partial charge in [-0.2, -0.15) is 0 Å². The highest BCUT2D eigenvalue weighted by atomic mass is 32.2. The third kappa shape index (κ3) is 3.64. The smallest absolute Gasteiger partial charge is 0.241 e. The molecule has 21 heavy (non-hydrogen) atoms. The van der Waals surface area contributed by atoms with Crippen molar-refractivity contribution < 1.29 is 17.9 Å². The van der Waals surface area contributed by atoms with Gasteiger partial charge < -0.3 is 15.4 Å². The minimum atomic E-state index is -3.77. The number of carbonyl (C=O) groups is 1. The van der Waals surface area contributed by atoms with E-state index in [2.05, 4.69) is 4.72 Å². The summed E-state index contributed by atoms with van der Waals surface area (Å²) in [4.78, 5) is 13.5. The SMILES string of the molecule is COc1ccc(S(=O)(=O)NCC(=O)N2CCCC2)cc1N. The molecule has 0 saturated carbocycles. The number of sulfonamides is 1. The molecule has 1 aromatic rings. The van der Waals surface area contributed by atoms with Crippen molar-refractivity contribution in [1.82, 2.24) is 9.62 Å². The van der Waals surface area contributed by atoms with Crippen LogP contribution in [0, 0.1) is 0 Å². The van der Waals surface area contributed by atoms with E-state index in [1.807, 2.05) is 0 Å². The largest absolute Gasteiger partial charge is 0.495 e. The zero-order valence-corrected chi connectivity index (χ0v) is 12.6. The molecule has 1 heterocycles. The molecule has 0 atom stereocenters. The van der Waals surface area contributed by atoms with Crippen molar-refractivity contribution in [2.24, 2.45) is 0 Å². The summed E-state index contributed by atoms with van der Waals surface area (Å²) in [5.41, 5.74) is 5.92. The number of rotatable bonds is 5. The van der Waals surface area contributed by atoms with Crippen molar-refractivity contribution >= 4 is 21.6 Å². The number of amides is 1. The summed E-state index contributed by atoms with van der Waals surface area (Å²) in [6.07, 6.45) is 1.93. The summed E-state index contributed by atoms with van der Waals surface area (Å²) in [6, 6.07) is 4.17. The predicted octanol–water partition coefficient (Wildman–Crippen LogP) is 0.178. The molecular formula is C13H19N3O4S. The van der Waals surface area contributed by atoms with Gasteiger partial charge in [-0.1, -0.05) is 0 Å². The van der Waals surface area contributed by atoms with Crippen LogP contribution in [-0.4, -0.2) is 46.0 Å². The fourth-order valence-corrected chi connectivity index (χ4v) is 3.21. The molecule has 8 heteroatoms. The van der Waals surface area contributed by atoms with Gasteiger partial charge in [0, 0.05) is 13.1 Å². The molecule has 0 unspecified atom stereocenters. The molecule has 0 aromatic heterocycles. The van der Waals surface area contributed by atoms with Gasteiger partial charge in [0.1, 0.15) is 5.75 Å². The first kappa shape index (κ1) is 15.6. The molecule has 116 valence electrons. The Bertz CT molecular complexity index is 624. The molecule has 0 bridgehead atoms. The summed E-state index contributed by atoms with van der Waals surface area (Å²) in [5, 5.41) is 0. The standard InChI is InChI=1S/C13H19N3O4S/c1-20-12-5-4-10(8-11(12)14)21(18,19)15-9-13(17)16-6-2-3-7-16/h4-5,8,15H,2-3,6-7,9,14H2,1H3. The molecule has 1 saturated heterocycles. The predicted molar refractivity (Wildman–Crippen MR) is 78.4 cm³/mol. The fourth-order valence-electron chi connectivity index (χ4n) is 2.20. The third-order valence-corrected chi connectivity index (χ3v) is 4.78. The van der Waals surface area contributed by atoms with Crippen molar-refractivity contribution in [3.05, 3.63) is 18.2 Å². The zero-order valence-electron chi connectivity index (χ0n) is 11.8. The molecule has 0 spiro atoms. The summed E-state index contributed by atoms with van der Waals surface area (Å²) < 4.78 is 31.5. The van der Waals surface area contributed by atoms with Crippen LogP contribution in [0.3, 0.4) is 0 Å². The number of methoxy groups -OCH3 is 1. The van der Waals surface area contributed by atoms with Crippen LogP contribution in [0.25, 0.3) is 0 Å². The lowest BCUT2D eigenvalue weighted by Crippen LogP contribution is -2.38. The molecule has 0 radical (unpaired) electrons. The molecule has 2 rings (SSSR count). The number of nitrogens with one attached hydrogen (secondary N) is 1. The average molecular weight is 313 g/mol. The number of likely N-dealkylation sites (tertiary alicyclic amines) is 1. The Kier molecular flexibility index (Phi) is 4.69. The molecule has 1 amide bonds. The van der Waals surface area contributed by atoms with Crippen LogP contribution < -0.4 is 15.2 Å². The van der Waals surface area contributed by atoms with Gasteiger partial charge in [0.25, 0.3) is 0 Å². The first-order valence-corrected chi connectivity index (χ1v) is 8.13. The molecule has 0 aliphatic carbocycles. The number of hydrogen-bond donors (Lipinski definition) is 2. The number of hydrogen-bond acceptors (Lipinski definition) is 5. The van der Waals surface area contributed by atoms with Crippen LogP contribution >= 0.6 is 0 Å². The lowest BCUT2D eigenvalue weighted by atomic mass is 10.3. The molecular weight excluding hydrogens is 294 g/mol. The normalized spacial score (nSPS) is 15.2. The van der Waals surface area contributed by atoms with Crippen molar-refractivity contribution in [2.75, 3.05) is 32.5 Å². The molecule has 3 N–H and O–H groups in total. The second-order valence-electron chi connectivity index (χ2n) is 4.82. The van der Waals surface area contributed by atoms with E-state index >= 15 is 0 Å². The van der Waals surface area contributed by atoms with Crippen LogP contribution in [0.2, 0.25) is 0 Å². The van der Waals surface area contributed by atoms with E-state index < -0.39 is 10.0 Å². The molecule has 1 fully saturated rings. The minimum Gasteiger partial charge on any atom is -0.495 e. The topological polar surface area (TPSA) is 102 Å². The number of nitrogen functional groups attached to an aromatic ring is 1. The average Bonchev–Trinajstić information content (AvgIpc) is 2.99. The van der Waals surface area contributed by atoms with E-state index in [9.17, 15) is 13.2 Å². The van der Waals surface area contributed by atoms with Crippen molar-refractivity contribution in [1.29, 1.82) is 0 Å². The second-order valence-corrected chi connectivity index (χ2v) is 6.58. The first-order valence-electron chi connectivity index (χ1n) is 6.65. The van der Waals surface area contributed by atoms with Gasteiger partial charge >= 0.3 is 0 Å². The number of ether oxygens (including phenoxy) is 1. The fraction of sp³-hybridized carbons (Fsp3) is 0.462. The highest BCUT2D eigenvalue weighted by Gasteiger charge is 2.21. The summed E-state index contributed by atoms with van der Waals surface area (Å²) in [6.45, 7) is 1.14. The number of nitrogens with two attached hydrogens (primary N) is 1. The van der Waals surface area contributed by atoms with Crippen LogP contribution in [-0.2, 0) is 14.8 Å². The van der Waals surface area contributed by atoms with Gasteiger partial charge in [-0.25, -0.2) is 13.1 Å². The minimum absolute atomic E-state index is 0.00928. The van der Waals surface area contributed by atoms with Gasteiger partial charge in [-0.05, 0) is 31.0 Å². The highest BCUT2D eigenvalue weighted by Crippen LogP contribution is 2.24. The Labute approximate surface area is 124 Å². The zero-order chi connectivity index (χ0) is 15.5. The van der Waals surface area contributed by atoms with E-state index in [4.69, 9.17) is 10.5 Å². The quantitative estimate of drug-likeness (QED) is 0.755. The molecule has 1 aliphatic rings. The number of carbonyl (C=O) groups excluding carboxylic acids is 1. The van der Waals surface area contributed by atoms with E-state index in [-0.39, 0.29) is 23.0 Å². The van der Waals surface area contributed by atoms with Gasteiger partial charge in [0.2, 0.25) is 15.9 Å². The van der Waals surface area contributed by atoms with Crippen molar-refractivity contribution in [2.45, 2.75) is 17.7 Å². The van der Waals surface area contributed by atoms with Gasteiger partial charge in [-0.3, -0.25) is 4.79 Å². The van der Waals surface area contributed by atoms with Gasteiger partial charge in [-0.15, -0.1) is 0 Å². The summed E-state index contributed by atoms with van der Waals surface area (Å²) in [5.74, 6) is 0.194. The van der Waals surface area contributed by atoms with E-state index in [1.165, 1.54) is 25.3 Å². The second kappa shape index (κ2) is 6.31. The molecule has 1 aromatic carbocycles. The first-order chi connectivity index (χ1) is 9.94. The Morgan fingerprint density at radius 1 is 1.38 bits per heavy atom. The Balaban J connectivity index is 2.04. The number of anilines is 1. The van der Waals surface area contributed by atoms with Crippen molar-refractivity contribution in [3.63, 3.8) is 0 Å². The van der Waals surface area contributed by atoms with E-state index in [0.717, 1.165) is 12.8 Å². The van der Waals surface area contributed by atoms with Crippen LogP contribution in [0.5, 0.6) is 5.75 Å². The molecule has 7 nitrogen and oxygen atoms in total. The third-order valence-electron chi connectivity index (χ3n) is 3.38. The Morgan fingerprint density at radius 2 is 2.05 bits per heavy atom. The van der Waals surface area contributed by atoms with E-state index in [1.54, 1.807) is 4.90 Å². The summed E-state index contributed by atoms with van der Waals surface area (Å²) >= 11 is 0. The van der Waals surface area contributed by atoms with Crippen LogP contribution in [0.4, 0.5) is 5.69 Å². The number of benzene rings is 1. The summed E-state index contributed by atoms with van der Waals surface area (Å²) in [7, 11) is -2.31. The van der Waals surface area contributed by atoms with Gasteiger partial charge in [0.15, 0.2) is 0 Å². The van der Waals surface area contributed by atoms with Crippen LogP contribution in [0.1, 0.15) is 12.8 Å². The maximum atomic E-state index is 12.1. The Hall–Kier alpha value is -1.80. The monoisotopic (exact) mass is 313 g/mol. The maximum Gasteiger partial charge on any atom is 0.241 e. The maximum absolute atomic E-state index is 12.1. The highest BCUT2D eigenvalue weighted by molar-refractivity contribution is 7.89. The molecule has 1 aliphatic heterocycles. The van der Waals surface area contributed by atoms with Crippen molar-refractivity contribution in [3.8, 4) is 5.75 Å². The van der Waals surface area contributed by atoms with Gasteiger partial charge in [0.05, 0.1) is 24.2 Å². The lowest BCUT2D eigenvalue weighted by Gasteiger charge is -2.15. The number of nitrogens with zero attached hydrogens (tertiary/aromatic N) is 1. The lowest BCUT2D eigenvalue weighted by molar-refractivity contribution is -0.128. The van der Waals surface area contributed by atoms with Crippen LogP contribution in [0.15, 0.2) is 23.1 Å². The Morgan fingerprint density at radius 3 is 2.62 bits per heavy atom.